The molecule has 0 radical (unpaired) electrons. The van der Waals surface area contributed by atoms with Gasteiger partial charge in [-0.25, -0.2) is 20.2 Å². The van der Waals surface area contributed by atoms with E-state index >= 15 is 0 Å². The van der Waals surface area contributed by atoms with Crippen LogP contribution in [0.4, 0.5) is 17.1 Å². The highest BCUT2D eigenvalue weighted by Crippen LogP contribution is 2.39. The van der Waals surface area contributed by atoms with Crippen LogP contribution in [-0.2, 0) is 0 Å². The Kier molecular flexibility index (Phi) is 4.26. The van der Waals surface area contributed by atoms with Gasteiger partial charge < -0.3 is 0 Å². The second kappa shape index (κ2) is 5.73. The van der Waals surface area contributed by atoms with E-state index < -0.39 is 53.4 Å². The lowest BCUT2D eigenvalue weighted by Crippen LogP contribution is -2.36. The van der Waals surface area contributed by atoms with Crippen LogP contribution in [0.1, 0.15) is 17.3 Å². The number of nitro groups is 4. The Hall–Kier alpha value is -3.71. The molecule has 14 nitrogen and oxygen atoms in total. The SMILES string of the molecule is CC(=O)c1ccc(N([N+](=O)[O-])[N+](=O)[O-])c([N+](=O)[O-])c1[N+](=O)[O-]. The molecule has 0 atom stereocenters. The summed E-state index contributed by atoms with van der Waals surface area (Å²) in [6.45, 7) is 0.879. The predicted molar refractivity (Wildman–Crippen MR) is 66.2 cm³/mol. The van der Waals surface area contributed by atoms with Gasteiger partial charge in [-0.15, -0.1) is 0 Å². The number of anilines is 1. The lowest BCUT2D eigenvalue weighted by Gasteiger charge is -2.06. The maximum absolute atomic E-state index is 11.3. The summed E-state index contributed by atoms with van der Waals surface area (Å²) >= 11 is 0. The summed E-state index contributed by atoms with van der Waals surface area (Å²) in [5, 5.41) is 39.2. The highest BCUT2D eigenvalue weighted by molar-refractivity contribution is 6.01. The molecule has 0 aliphatic heterocycles. The number of nitro benzene ring substituents is 2. The molecule has 0 aromatic heterocycles. The molecule has 0 unspecified atom stereocenters. The molecule has 14 heteroatoms. The van der Waals surface area contributed by atoms with E-state index in [1.807, 2.05) is 0 Å². The normalized spacial score (nSPS) is 9.86. The summed E-state index contributed by atoms with van der Waals surface area (Å²) in [5.41, 5.74) is -4.83. The van der Waals surface area contributed by atoms with Crippen LogP contribution in [-0.4, -0.2) is 25.7 Å². The van der Waals surface area contributed by atoms with E-state index in [9.17, 15) is 45.3 Å². The molecule has 0 N–H and O–H groups in total. The largest absolute Gasteiger partial charge is 0.382 e. The van der Waals surface area contributed by atoms with Crippen LogP contribution in [0.15, 0.2) is 12.1 Å². The monoisotopic (exact) mass is 315 g/mol. The molecule has 0 saturated carbocycles. The van der Waals surface area contributed by atoms with Gasteiger partial charge in [-0.2, -0.15) is 0 Å². The second-order valence-corrected chi connectivity index (χ2v) is 3.66. The zero-order valence-electron chi connectivity index (χ0n) is 10.6. The Morgan fingerprint density at radius 3 is 1.68 bits per heavy atom. The lowest BCUT2D eigenvalue weighted by molar-refractivity contribution is -0.712. The number of rotatable bonds is 6. The Balaban J connectivity index is 3.89. The molecule has 22 heavy (non-hydrogen) atoms. The molecule has 1 aromatic carbocycles. The van der Waals surface area contributed by atoms with Crippen LogP contribution in [0.2, 0.25) is 0 Å². The number of hydrogen-bond donors (Lipinski definition) is 0. The number of hydrazine groups is 2. The third-order valence-corrected chi connectivity index (χ3v) is 2.40. The van der Waals surface area contributed by atoms with E-state index in [0.29, 0.717) is 12.1 Å². The first-order valence-corrected chi connectivity index (χ1v) is 5.15. The van der Waals surface area contributed by atoms with Gasteiger partial charge in [0.25, 0.3) is 5.69 Å². The van der Waals surface area contributed by atoms with Gasteiger partial charge in [-0.05, 0) is 19.1 Å². The van der Waals surface area contributed by atoms with E-state index in [4.69, 9.17) is 0 Å². The molecule has 0 spiro atoms. The van der Waals surface area contributed by atoms with Gasteiger partial charge in [-0.3, -0.25) is 25.0 Å². The fourth-order valence-electron chi connectivity index (χ4n) is 1.61. The minimum absolute atomic E-state index is 0.521. The highest BCUT2D eigenvalue weighted by atomic mass is 16.8. The number of hydrogen-bond acceptors (Lipinski definition) is 9. The van der Waals surface area contributed by atoms with E-state index in [-0.39, 0.29) is 0 Å². The van der Waals surface area contributed by atoms with Crippen molar-refractivity contribution in [1.82, 2.24) is 0 Å². The van der Waals surface area contributed by atoms with Crippen LogP contribution < -0.4 is 5.12 Å². The smallest absolute Gasteiger partial charge is 0.294 e. The molecule has 0 heterocycles. The molecular weight excluding hydrogens is 310 g/mol. The fraction of sp³-hybridized carbons (Fsp3) is 0.125. The number of nitrogens with zero attached hydrogens (tertiary/aromatic N) is 5. The van der Waals surface area contributed by atoms with Gasteiger partial charge in [0.05, 0.1) is 9.85 Å². The van der Waals surface area contributed by atoms with E-state index in [0.717, 1.165) is 6.92 Å². The van der Waals surface area contributed by atoms with Gasteiger partial charge in [0.15, 0.2) is 5.78 Å². The van der Waals surface area contributed by atoms with Crippen LogP contribution >= 0.6 is 0 Å². The molecule has 0 saturated heterocycles. The van der Waals surface area contributed by atoms with Crippen molar-refractivity contribution in [3.63, 3.8) is 0 Å². The average Bonchev–Trinajstić information content (AvgIpc) is 2.36. The molecule has 0 aliphatic carbocycles. The summed E-state index contributed by atoms with van der Waals surface area (Å²) in [6.07, 6.45) is 0. The number of carbonyl (C=O) groups is 1. The molecule has 1 aromatic rings. The molecule has 0 fully saturated rings. The van der Waals surface area contributed by atoms with Crippen molar-refractivity contribution in [2.24, 2.45) is 0 Å². The molecule has 0 aliphatic rings. The molecule has 1 rings (SSSR count). The molecule has 0 bridgehead atoms. The Morgan fingerprint density at radius 1 is 0.909 bits per heavy atom. The molecule has 0 amide bonds. The van der Waals surface area contributed by atoms with Crippen molar-refractivity contribution in [2.75, 3.05) is 5.12 Å². The van der Waals surface area contributed by atoms with Crippen LogP contribution in [0, 0.1) is 40.5 Å². The van der Waals surface area contributed by atoms with E-state index in [1.165, 1.54) is 0 Å². The zero-order valence-corrected chi connectivity index (χ0v) is 10.6. The van der Waals surface area contributed by atoms with Crippen molar-refractivity contribution < 1.29 is 24.7 Å². The van der Waals surface area contributed by atoms with Crippen molar-refractivity contribution in [1.29, 1.82) is 0 Å². The maximum atomic E-state index is 11.3. The van der Waals surface area contributed by atoms with Gasteiger partial charge in [0.2, 0.25) is 15.2 Å². The number of Topliss-reactive ketones (excluding diaryl/α,β-unsaturated/α-hetero) is 1. The van der Waals surface area contributed by atoms with Crippen molar-refractivity contribution in [3.05, 3.63) is 58.2 Å². The first kappa shape index (κ1) is 16.3. The standard InChI is InChI=1S/C8H5N5O9/c1-4(14)5-2-3-6(9(12(19)20)13(21)22)8(11(17)18)7(5)10(15)16/h2-3H,1H3. The third kappa shape index (κ3) is 2.74. The Morgan fingerprint density at radius 2 is 1.36 bits per heavy atom. The molecule has 116 valence electrons. The van der Waals surface area contributed by atoms with Gasteiger partial charge in [0, 0.05) is 0 Å². The summed E-state index contributed by atoms with van der Waals surface area (Å²) in [4.78, 5) is 51.8. The quantitative estimate of drug-likeness (QED) is 0.413. The fourth-order valence-corrected chi connectivity index (χ4v) is 1.61. The van der Waals surface area contributed by atoms with Crippen LogP contribution in [0.25, 0.3) is 0 Å². The van der Waals surface area contributed by atoms with E-state index in [2.05, 4.69) is 0 Å². The van der Waals surface area contributed by atoms with Crippen molar-refractivity contribution in [2.45, 2.75) is 6.92 Å². The minimum Gasteiger partial charge on any atom is -0.294 e. The summed E-state index contributed by atoms with van der Waals surface area (Å²) in [6, 6.07) is 1.19. The average molecular weight is 315 g/mol. The first-order chi connectivity index (χ1) is 10.1. The summed E-state index contributed by atoms with van der Waals surface area (Å²) in [5.74, 6) is -0.921. The van der Waals surface area contributed by atoms with Gasteiger partial charge in [-0.1, -0.05) is 0 Å². The topological polar surface area (TPSA) is 193 Å². The Bertz CT molecular complexity index is 700. The van der Waals surface area contributed by atoms with E-state index in [1.54, 1.807) is 0 Å². The van der Waals surface area contributed by atoms with Crippen LogP contribution in [0.3, 0.4) is 0 Å². The van der Waals surface area contributed by atoms with Crippen molar-refractivity contribution >= 4 is 22.8 Å². The Labute approximate surface area is 119 Å². The first-order valence-electron chi connectivity index (χ1n) is 5.15. The number of ketones is 1. The minimum atomic E-state index is -1.60. The molecular formula is C8H5N5O9. The lowest BCUT2D eigenvalue weighted by atomic mass is 10.1. The zero-order chi connectivity index (χ0) is 17.2. The predicted octanol–water partition coefficient (Wildman–Crippen LogP) is 0.895. The van der Waals surface area contributed by atoms with Gasteiger partial charge in [0.1, 0.15) is 5.56 Å². The van der Waals surface area contributed by atoms with Gasteiger partial charge >= 0.3 is 11.4 Å². The number of benzene rings is 1. The number of carbonyl (C=O) groups excluding carboxylic acids is 1. The summed E-state index contributed by atoms with van der Waals surface area (Å²) < 4.78 is 0. The third-order valence-electron chi connectivity index (χ3n) is 2.40. The summed E-state index contributed by atoms with van der Waals surface area (Å²) in [7, 11) is 0. The highest BCUT2D eigenvalue weighted by Gasteiger charge is 2.44. The van der Waals surface area contributed by atoms with Crippen LogP contribution in [0.5, 0.6) is 0 Å². The second-order valence-electron chi connectivity index (χ2n) is 3.66. The van der Waals surface area contributed by atoms with Crippen molar-refractivity contribution in [3.8, 4) is 0 Å². The maximum Gasteiger partial charge on any atom is 0.382 e.